The van der Waals surface area contributed by atoms with E-state index in [1.165, 1.54) is 27.7 Å². The second-order valence-electron chi connectivity index (χ2n) is 6.38. The van der Waals surface area contributed by atoms with Crippen molar-refractivity contribution in [1.82, 2.24) is 0 Å². The van der Waals surface area contributed by atoms with E-state index in [4.69, 9.17) is 4.65 Å². The lowest BCUT2D eigenvalue weighted by Gasteiger charge is -2.38. The first-order valence-electron chi connectivity index (χ1n) is 6.83. The van der Waals surface area contributed by atoms with Crippen molar-refractivity contribution in [2.24, 2.45) is 0 Å². The van der Waals surface area contributed by atoms with E-state index in [-0.39, 0.29) is 6.07 Å². The Morgan fingerprint density at radius 1 is 0.833 bits per heavy atom. The topological polar surface area (TPSA) is 49.7 Å². The highest BCUT2D eigenvalue weighted by atomic mass is 19.4. The molecule has 0 aliphatic carbocycles. The van der Waals surface area contributed by atoms with Crippen LogP contribution in [-0.2, 0) is 17.0 Å². The second kappa shape index (κ2) is 6.23. The van der Waals surface area contributed by atoms with Crippen LogP contribution in [0.3, 0.4) is 0 Å². The Bertz CT molecular complexity index is 557. The first-order chi connectivity index (χ1) is 10.4. The molecule has 0 atom stereocenters. The van der Waals surface area contributed by atoms with Crippen molar-refractivity contribution in [2.75, 3.05) is 0 Å². The van der Waals surface area contributed by atoms with Crippen LogP contribution in [-0.4, -0.2) is 28.5 Å². The Balaban J connectivity index is 3.33. The molecule has 2 N–H and O–H groups in total. The van der Waals surface area contributed by atoms with E-state index in [0.29, 0.717) is 12.1 Å². The van der Waals surface area contributed by atoms with Crippen molar-refractivity contribution < 1.29 is 41.1 Å². The van der Waals surface area contributed by atoms with Gasteiger partial charge in [0.25, 0.3) is 0 Å². The zero-order valence-corrected chi connectivity index (χ0v) is 13.4. The number of halogens is 6. The molecule has 10 heteroatoms. The standard InChI is InChI=1S/C14H17BF6O3/c1-11(2,22)12(3,4)24-15(23)10-6-8(13(16,17)18)5-9(7-10)14(19,20)21/h5-7,22-23H,1-4H3. The lowest BCUT2D eigenvalue weighted by Crippen LogP contribution is -2.53. The van der Waals surface area contributed by atoms with Gasteiger partial charge in [-0.1, -0.05) is 12.1 Å². The smallest absolute Gasteiger partial charge is 0.423 e. The molecule has 0 unspecified atom stereocenters. The van der Waals surface area contributed by atoms with Gasteiger partial charge in [0, 0.05) is 0 Å². The van der Waals surface area contributed by atoms with Crippen LogP contribution in [0, 0.1) is 0 Å². The first-order valence-corrected chi connectivity index (χ1v) is 6.83. The van der Waals surface area contributed by atoms with E-state index >= 15 is 0 Å². The van der Waals surface area contributed by atoms with Gasteiger partial charge in [0.1, 0.15) is 0 Å². The Kier molecular flexibility index (Phi) is 5.40. The fourth-order valence-electron chi connectivity index (χ4n) is 1.61. The molecule has 0 heterocycles. The van der Waals surface area contributed by atoms with Crippen LogP contribution < -0.4 is 5.46 Å². The largest absolute Gasteiger partial charge is 0.491 e. The van der Waals surface area contributed by atoms with Gasteiger partial charge in [-0.25, -0.2) is 0 Å². The maximum absolute atomic E-state index is 12.8. The number of benzene rings is 1. The molecule has 0 saturated carbocycles. The van der Waals surface area contributed by atoms with Crippen LogP contribution in [0.5, 0.6) is 0 Å². The average molecular weight is 358 g/mol. The summed E-state index contributed by atoms with van der Waals surface area (Å²) in [6, 6.07) is 0.706. The van der Waals surface area contributed by atoms with Crippen LogP contribution in [0.2, 0.25) is 0 Å². The third kappa shape index (κ3) is 4.87. The predicted molar refractivity (Wildman–Crippen MR) is 75.5 cm³/mol. The second-order valence-corrected chi connectivity index (χ2v) is 6.38. The summed E-state index contributed by atoms with van der Waals surface area (Å²) in [7, 11) is -2.09. The van der Waals surface area contributed by atoms with Crippen LogP contribution in [0.25, 0.3) is 0 Å². The summed E-state index contributed by atoms with van der Waals surface area (Å²) in [4.78, 5) is 0. The van der Waals surface area contributed by atoms with Crippen molar-refractivity contribution in [3.8, 4) is 0 Å². The van der Waals surface area contributed by atoms with E-state index in [1.807, 2.05) is 0 Å². The summed E-state index contributed by atoms with van der Waals surface area (Å²) in [6.07, 6.45) is -10.1. The molecule has 1 rings (SSSR count). The third-order valence-corrected chi connectivity index (χ3v) is 3.77. The van der Waals surface area contributed by atoms with Gasteiger partial charge in [0.2, 0.25) is 0 Å². The predicted octanol–water partition coefficient (Wildman–Crippen LogP) is 2.98. The molecule has 0 aromatic heterocycles. The minimum atomic E-state index is -5.03. The Morgan fingerprint density at radius 2 is 1.21 bits per heavy atom. The minimum Gasteiger partial charge on any atom is -0.423 e. The molecule has 0 radical (unpaired) electrons. The maximum Gasteiger partial charge on any atom is 0.491 e. The lowest BCUT2D eigenvalue weighted by molar-refractivity contribution is -0.143. The summed E-state index contributed by atoms with van der Waals surface area (Å²) >= 11 is 0. The maximum atomic E-state index is 12.8. The van der Waals surface area contributed by atoms with Gasteiger partial charge in [-0.3, -0.25) is 0 Å². The number of alkyl halides is 6. The monoisotopic (exact) mass is 358 g/mol. The number of aliphatic hydroxyl groups is 1. The first kappa shape index (κ1) is 20.8. The van der Waals surface area contributed by atoms with Crippen molar-refractivity contribution >= 4 is 12.6 Å². The van der Waals surface area contributed by atoms with Gasteiger partial charge in [-0.15, -0.1) is 0 Å². The summed E-state index contributed by atoms with van der Waals surface area (Å²) in [5, 5.41) is 19.8. The molecule has 1 aromatic rings. The SMILES string of the molecule is CC(C)(O)C(C)(C)OB(O)c1cc(C(F)(F)F)cc(C(F)(F)F)c1. The molecule has 24 heavy (non-hydrogen) atoms. The molecule has 0 aliphatic rings. The zero-order chi connectivity index (χ0) is 19.1. The molecule has 0 bridgehead atoms. The zero-order valence-electron chi connectivity index (χ0n) is 13.4. The van der Waals surface area contributed by atoms with Crippen molar-refractivity contribution in [3.05, 3.63) is 29.3 Å². The van der Waals surface area contributed by atoms with E-state index in [9.17, 15) is 36.5 Å². The quantitative estimate of drug-likeness (QED) is 0.643. The van der Waals surface area contributed by atoms with Crippen LogP contribution in [0.4, 0.5) is 26.3 Å². The van der Waals surface area contributed by atoms with E-state index in [0.717, 1.165) is 0 Å². The highest BCUT2D eigenvalue weighted by Crippen LogP contribution is 2.35. The minimum absolute atomic E-state index is 0.0443. The molecular formula is C14H17BF6O3. The highest BCUT2D eigenvalue weighted by molar-refractivity contribution is 6.60. The van der Waals surface area contributed by atoms with Crippen LogP contribution in [0.15, 0.2) is 18.2 Å². The fraction of sp³-hybridized carbons (Fsp3) is 0.571. The van der Waals surface area contributed by atoms with Gasteiger partial charge in [0.05, 0.1) is 22.3 Å². The molecule has 136 valence electrons. The van der Waals surface area contributed by atoms with Crippen molar-refractivity contribution in [3.63, 3.8) is 0 Å². The van der Waals surface area contributed by atoms with Gasteiger partial charge < -0.3 is 14.8 Å². The van der Waals surface area contributed by atoms with Crippen LogP contribution >= 0.6 is 0 Å². The number of hydrogen-bond donors (Lipinski definition) is 2. The summed E-state index contributed by atoms with van der Waals surface area (Å²) in [6.45, 7) is 5.34. The molecule has 3 nitrogen and oxygen atoms in total. The van der Waals surface area contributed by atoms with Crippen molar-refractivity contribution in [1.29, 1.82) is 0 Å². The summed E-state index contributed by atoms with van der Waals surface area (Å²) in [5.74, 6) is 0. The Morgan fingerprint density at radius 3 is 1.50 bits per heavy atom. The summed E-state index contributed by atoms with van der Waals surface area (Å²) < 4.78 is 81.9. The van der Waals surface area contributed by atoms with E-state index < -0.39 is 47.3 Å². The molecule has 0 spiro atoms. The summed E-state index contributed by atoms with van der Waals surface area (Å²) in [5.41, 5.74) is -6.79. The molecular weight excluding hydrogens is 341 g/mol. The Labute approximate surface area is 135 Å². The van der Waals surface area contributed by atoms with E-state index in [1.54, 1.807) is 0 Å². The molecule has 1 aromatic carbocycles. The van der Waals surface area contributed by atoms with Gasteiger partial charge >= 0.3 is 19.5 Å². The number of hydrogen-bond acceptors (Lipinski definition) is 3. The highest BCUT2D eigenvalue weighted by Gasteiger charge is 2.42. The number of rotatable bonds is 4. The normalized spacial score (nSPS) is 14.0. The average Bonchev–Trinajstić information content (AvgIpc) is 2.34. The lowest BCUT2D eigenvalue weighted by atomic mass is 9.75. The van der Waals surface area contributed by atoms with Gasteiger partial charge in [-0.05, 0) is 39.2 Å². The van der Waals surface area contributed by atoms with Crippen LogP contribution in [0.1, 0.15) is 38.8 Å². The van der Waals surface area contributed by atoms with E-state index in [2.05, 4.69) is 0 Å². The fourth-order valence-corrected chi connectivity index (χ4v) is 1.61. The van der Waals surface area contributed by atoms with Gasteiger partial charge in [0.15, 0.2) is 0 Å². The Hall–Kier alpha value is -1.26. The molecule has 0 fully saturated rings. The molecule has 0 amide bonds. The third-order valence-electron chi connectivity index (χ3n) is 3.77. The van der Waals surface area contributed by atoms with Crippen molar-refractivity contribution in [2.45, 2.75) is 51.2 Å². The molecule has 0 aliphatic heterocycles. The van der Waals surface area contributed by atoms with Gasteiger partial charge in [-0.2, -0.15) is 26.3 Å². The molecule has 0 saturated heterocycles.